The molecule has 2 heterocycles. The second-order valence-electron chi connectivity index (χ2n) is 6.19. The topological polar surface area (TPSA) is 35.6 Å². The normalized spacial score (nSPS) is 16.2. The summed E-state index contributed by atoms with van der Waals surface area (Å²) in [5.74, 6) is 0.0340. The average Bonchev–Trinajstić information content (AvgIpc) is 3.05. The van der Waals surface area contributed by atoms with Crippen molar-refractivity contribution < 1.29 is 4.79 Å². The summed E-state index contributed by atoms with van der Waals surface area (Å²) in [5.41, 5.74) is 3.20. The Bertz CT molecular complexity index is 682. The van der Waals surface area contributed by atoms with Crippen LogP contribution in [0.5, 0.6) is 0 Å². The lowest BCUT2D eigenvalue weighted by atomic mass is 10.2. The predicted octanol–water partition coefficient (Wildman–Crippen LogP) is 3.47. The molecule has 0 spiro atoms. The zero-order valence-electron chi connectivity index (χ0n) is 13.8. The smallest absolute Gasteiger partial charge is 0.238 e. The minimum Gasteiger partial charge on any atom is -0.325 e. The monoisotopic (exact) mass is 363 g/mol. The summed E-state index contributed by atoms with van der Waals surface area (Å²) in [6.45, 7) is 7.26. The number of benzene rings is 1. The van der Waals surface area contributed by atoms with E-state index in [1.807, 2.05) is 19.1 Å². The van der Waals surface area contributed by atoms with E-state index in [1.165, 1.54) is 5.56 Å². The number of carbonyl (C=O) groups is 1. The fraction of sp³-hybridized carbons (Fsp3) is 0.389. The molecular weight excluding hydrogens is 342 g/mol. The van der Waals surface area contributed by atoms with Crippen molar-refractivity contribution >= 4 is 34.5 Å². The highest BCUT2D eigenvalue weighted by Crippen LogP contribution is 2.19. The van der Waals surface area contributed by atoms with Gasteiger partial charge >= 0.3 is 0 Å². The van der Waals surface area contributed by atoms with Gasteiger partial charge in [0.1, 0.15) is 0 Å². The van der Waals surface area contributed by atoms with Crippen molar-refractivity contribution in [3.8, 4) is 0 Å². The molecule has 0 saturated carbocycles. The highest BCUT2D eigenvalue weighted by molar-refractivity contribution is 7.07. The molecule has 0 unspecified atom stereocenters. The van der Waals surface area contributed by atoms with Gasteiger partial charge in [0.05, 0.1) is 6.54 Å². The van der Waals surface area contributed by atoms with E-state index in [-0.39, 0.29) is 5.91 Å². The first kappa shape index (κ1) is 17.4. The third-order valence-corrected chi connectivity index (χ3v) is 5.25. The molecule has 0 aliphatic carbocycles. The number of halogens is 1. The van der Waals surface area contributed by atoms with Crippen LogP contribution in [0, 0.1) is 6.92 Å². The van der Waals surface area contributed by atoms with Crippen molar-refractivity contribution in [1.29, 1.82) is 0 Å². The largest absolute Gasteiger partial charge is 0.325 e. The quantitative estimate of drug-likeness (QED) is 0.883. The van der Waals surface area contributed by atoms with E-state index in [0.717, 1.165) is 44.0 Å². The third-order valence-electron chi connectivity index (χ3n) is 4.28. The number of rotatable bonds is 5. The fourth-order valence-electron chi connectivity index (χ4n) is 2.91. The molecule has 1 aliphatic heterocycles. The maximum atomic E-state index is 12.3. The Kier molecular flexibility index (Phi) is 5.89. The van der Waals surface area contributed by atoms with Gasteiger partial charge in [0.15, 0.2) is 0 Å². The van der Waals surface area contributed by atoms with Crippen LogP contribution < -0.4 is 5.32 Å². The zero-order chi connectivity index (χ0) is 16.9. The number of nitrogens with one attached hydrogen (secondary N) is 1. The van der Waals surface area contributed by atoms with E-state index in [2.05, 4.69) is 31.9 Å². The zero-order valence-corrected chi connectivity index (χ0v) is 15.4. The van der Waals surface area contributed by atoms with Crippen molar-refractivity contribution in [2.75, 3.05) is 38.0 Å². The van der Waals surface area contributed by atoms with Crippen LogP contribution >= 0.6 is 22.9 Å². The summed E-state index contributed by atoms with van der Waals surface area (Å²) in [5, 5.41) is 7.99. The third kappa shape index (κ3) is 4.80. The molecule has 1 fully saturated rings. The molecule has 2 aromatic rings. The van der Waals surface area contributed by atoms with Crippen LogP contribution in [0.3, 0.4) is 0 Å². The van der Waals surface area contributed by atoms with Crippen molar-refractivity contribution in [2.24, 2.45) is 0 Å². The molecule has 128 valence electrons. The summed E-state index contributed by atoms with van der Waals surface area (Å²) >= 11 is 7.69. The standard InChI is InChI=1S/C18H22ClN3OS/c1-14-10-16(19)2-3-17(14)20-18(23)12-22-7-5-21(6-8-22)11-15-4-9-24-13-15/h2-4,9-10,13H,5-8,11-12H2,1H3,(H,20,23). The Morgan fingerprint density at radius 2 is 1.96 bits per heavy atom. The molecule has 0 bridgehead atoms. The van der Waals surface area contributed by atoms with Crippen LogP contribution in [0.25, 0.3) is 0 Å². The number of anilines is 1. The summed E-state index contributed by atoms with van der Waals surface area (Å²) < 4.78 is 0. The van der Waals surface area contributed by atoms with Crippen molar-refractivity contribution in [1.82, 2.24) is 9.80 Å². The number of aryl methyl sites for hydroxylation is 1. The number of amides is 1. The first-order valence-electron chi connectivity index (χ1n) is 8.12. The molecule has 3 rings (SSSR count). The Morgan fingerprint density at radius 3 is 2.62 bits per heavy atom. The van der Waals surface area contributed by atoms with E-state index in [0.29, 0.717) is 11.6 Å². The highest BCUT2D eigenvalue weighted by Gasteiger charge is 2.19. The van der Waals surface area contributed by atoms with Crippen LogP contribution in [0.1, 0.15) is 11.1 Å². The van der Waals surface area contributed by atoms with Crippen molar-refractivity contribution in [3.63, 3.8) is 0 Å². The summed E-state index contributed by atoms with van der Waals surface area (Å²) in [4.78, 5) is 16.9. The first-order valence-corrected chi connectivity index (χ1v) is 9.44. The molecule has 0 atom stereocenters. The van der Waals surface area contributed by atoms with Crippen LogP contribution in [-0.4, -0.2) is 48.4 Å². The maximum Gasteiger partial charge on any atom is 0.238 e. The van der Waals surface area contributed by atoms with Gasteiger partial charge in [-0.3, -0.25) is 14.6 Å². The molecule has 6 heteroatoms. The Hall–Kier alpha value is -1.40. The number of carbonyl (C=O) groups excluding carboxylic acids is 1. The maximum absolute atomic E-state index is 12.3. The highest BCUT2D eigenvalue weighted by atomic mass is 35.5. The van der Waals surface area contributed by atoms with Gasteiger partial charge in [-0.05, 0) is 53.1 Å². The summed E-state index contributed by atoms with van der Waals surface area (Å²) in [7, 11) is 0. The van der Waals surface area contributed by atoms with Crippen LogP contribution in [0.4, 0.5) is 5.69 Å². The van der Waals surface area contributed by atoms with Gasteiger partial charge in [-0.1, -0.05) is 11.6 Å². The lowest BCUT2D eigenvalue weighted by molar-refractivity contribution is -0.117. The Morgan fingerprint density at radius 1 is 1.21 bits per heavy atom. The SMILES string of the molecule is Cc1cc(Cl)ccc1NC(=O)CN1CCN(Cc2ccsc2)CC1. The summed E-state index contributed by atoms with van der Waals surface area (Å²) in [6, 6.07) is 7.70. The fourth-order valence-corrected chi connectivity index (χ4v) is 3.79. The summed E-state index contributed by atoms with van der Waals surface area (Å²) in [6.07, 6.45) is 0. The number of piperazine rings is 1. The molecule has 24 heavy (non-hydrogen) atoms. The molecule has 1 N–H and O–H groups in total. The minimum absolute atomic E-state index is 0.0340. The van der Waals surface area contributed by atoms with Crippen LogP contribution in [0.2, 0.25) is 5.02 Å². The second kappa shape index (κ2) is 8.12. The molecular formula is C18H22ClN3OS. The van der Waals surface area contributed by atoms with E-state index in [9.17, 15) is 4.79 Å². The van der Waals surface area contributed by atoms with Gasteiger partial charge in [0.25, 0.3) is 0 Å². The molecule has 1 aromatic heterocycles. The van der Waals surface area contributed by atoms with Gasteiger partial charge in [0.2, 0.25) is 5.91 Å². The van der Waals surface area contributed by atoms with E-state index >= 15 is 0 Å². The first-order chi connectivity index (χ1) is 11.6. The molecule has 1 amide bonds. The van der Waals surface area contributed by atoms with Gasteiger partial charge in [-0.15, -0.1) is 0 Å². The van der Waals surface area contributed by atoms with E-state index in [4.69, 9.17) is 11.6 Å². The van der Waals surface area contributed by atoms with Gasteiger partial charge in [-0.2, -0.15) is 11.3 Å². The van der Waals surface area contributed by atoms with Crippen molar-refractivity contribution in [3.05, 3.63) is 51.2 Å². The lowest BCUT2D eigenvalue weighted by Crippen LogP contribution is -2.48. The molecule has 1 aliphatic rings. The molecule has 4 nitrogen and oxygen atoms in total. The molecule has 1 aromatic carbocycles. The number of thiophene rings is 1. The second-order valence-corrected chi connectivity index (χ2v) is 7.41. The lowest BCUT2D eigenvalue weighted by Gasteiger charge is -2.34. The van der Waals surface area contributed by atoms with Gasteiger partial charge in [-0.25, -0.2) is 0 Å². The number of hydrogen-bond acceptors (Lipinski definition) is 4. The Labute approximate surface area is 152 Å². The number of nitrogens with zero attached hydrogens (tertiary/aromatic N) is 2. The van der Waals surface area contributed by atoms with E-state index in [1.54, 1.807) is 17.4 Å². The molecule has 0 radical (unpaired) electrons. The average molecular weight is 364 g/mol. The van der Waals surface area contributed by atoms with Crippen LogP contribution in [-0.2, 0) is 11.3 Å². The predicted molar refractivity (Wildman–Crippen MR) is 101 cm³/mol. The van der Waals surface area contributed by atoms with Crippen LogP contribution in [0.15, 0.2) is 35.0 Å². The minimum atomic E-state index is 0.0340. The Balaban J connectivity index is 1.44. The van der Waals surface area contributed by atoms with Crippen molar-refractivity contribution in [2.45, 2.75) is 13.5 Å². The van der Waals surface area contributed by atoms with Gasteiger partial charge < -0.3 is 5.32 Å². The molecule has 1 saturated heterocycles. The van der Waals surface area contributed by atoms with E-state index < -0.39 is 0 Å². The number of hydrogen-bond donors (Lipinski definition) is 1. The van der Waals surface area contributed by atoms with Gasteiger partial charge in [0, 0.05) is 43.4 Å².